The maximum atomic E-state index is 5.08. The molecule has 7 rings (SSSR count). The van der Waals surface area contributed by atoms with Gasteiger partial charge in [-0.15, -0.1) is 0 Å². The summed E-state index contributed by atoms with van der Waals surface area (Å²) in [6, 6.07) is 21.7. The van der Waals surface area contributed by atoms with Crippen molar-refractivity contribution in [2.45, 2.75) is 23.9 Å². The van der Waals surface area contributed by atoms with Crippen molar-refractivity contribution in [2.24, 2.45) is 33.9 Å². The van der Waals surface area contributed by atoms with Gasteiger partial charge in [-0.1, -0.05) is 85.0 Å². The number of hydrogen-bond acceptors (Lipinski definition) is 2. The second-order valence-electron chi connectivity index (χ2n) is 8.38. The van der Waals surface area contributed by atoms with Gasteiger partial charge in [0.25, 0.3) is 0 Å². The van der Waals surface area contributed by atoms with Crippen molar-refractivity contribution in [3.63, 3.8) is 0 Å². The molecular formula is C24H22N2. The lowest BCUT2D eigenvalue weighted by Gasteiger charge is -2.66. The highest BCUT2D eigenvalue weighted by Crippen LogP contribution is 2.66. The average molecular weight is 338 g/mol. The lowest BCUT2D eigenvalue weighted by Crippen LogP contribution is -2.71. The monoisotopic (exact) mass is 338 g/mol. The second kappa shape index (κ2) is 5.03. The molecule has 0 amide bonds. The van der Waals surface area contributed by atoms with Gasteiger partial charge >= 0.3 is 0 Å². The Morgan fingerprint density at radius 2 is 0.885 bits per heavy atom. The quantitative estimate of drug-likeness (QED) is 0.698. The van der Waals surface area contributed by atoms with Crippen molar-refractivity contribution in [3.8, 4) is 0 Å². The molecule has 2 heteroatoms. The summed E-state index contributed by atoms with van der Waals surface area (Å²) in [4.78, 5) is 0. The zero-order valence-electron chi connectivity index (χ0n) is 14.7. The van der Waals surface area contributed by atoms with E-state index in [0.29, 0.717) is 23.7 Å². The van der Waals surface area contributed by atoms with Crippen LogP contribution in [0.3, 0.4) is 0 Å². The molecule has 2 aromatic rings. The third-order valence-corrected chi connectivity index (χ3v) is 7.22. The largest absolute Gasteiger partial charge is 0.185 e. The van der Waals surface area contributed by atoms with Crippen molar-refractivity contribution >= 4 is 0 Å². The molecule has 5 aliphatic rings. The van der Waals surface area contributed by atoms with E-state index in [0.717, 1.165) is 12.8 Å². The van der Waals surface area contributed by atoms with Crippen LogP contribution in [0.1, 0.15) is 11.1 Å². The predicted octanol–water partition coefficient (Wildman–Crippen LogP) is 5.03. The van der Waals surface area contributed by atoms with E-state index in [1.807, 2.05) is 0 Å². The zero-order valence-corrected chi connectivity index (χ0v) is 14.7. The molecule has 0 aromatic heterocycles. The van der Waals surface area contributed by atoms with Crippen LogP contribution in [0.4, 0.5) is 0 Å². The molecule has 3 aliphatic carbocycles. The number of hydrogen-bond donors (Lipinski definition) is 0. The van der Waals surface area contributed by atoms with Crippen LogP contribution in [0.2, 0.25) is 0 Å². The lowest BCUT2D eigenvalue weighted by molar-refractivity contribution is -0.0482. The van der Waals surface area contributed by atoms with Crippen molar-refractivity contribution in [1.82, 2.24) is 0 Å². The Kier molecular flexibility index (Phi) is 2.84. The summed E-state index contributed by atoms with van der Waals surface area (Å²) in [5, 5.41) is 10.2. The summed E-state index contributed by atoms with van der Waals surface area (Å²) < 4.78 is 0. The Balaban J connectivity index is 1.44. The van der Waals surface area contributed by atoms with Crippen molar-refractivity contribution in [3.05, 3.63) is 96.1 Å². The summed E-state index contributed by atoms with van der Waals surface area (Å²) in [6.07, 6.45) is 11.6. The summed E-state index contributed by atoms with van der Waals surface area (Å²) in [7, 11) is 0. The normalized spacial score (nSPS) is 40.5. The van der Waals surface area contributed by atoms with Crippen LogP contribution in [0.5, 0.6) is 0 Å². The first-order valence-electron chi connectivity index (χ1n) is 9.70. The highest BCUT2D eigenvalue weighted by atomic mass is 15.3. The van der Waals surface area contributed by atoms with Crippen LogP contribution >= 0.6 is 0 Å². The Labute approximate surface area is 154 Å². The molecule has 6 atom stereocenters. The molecule has 2 unspecified atom stereocenters. The first-order chi connectivity index (χ1) is 12.8. The van der Waals surface area contributed by atoms with Gasteiger partial charge in [0, 0.05) is 36.5 Å². The van der Waals surface area contributed by atoms with Crippen LogP contribution in [0, 0.1) is 23.7 Å². The van der Waals surface area contributed by atoms with Crippen LogP contribution in [-0.2, 0) is 12.8 Å². The molecular weight excluding hydrogens is 316 g/mol. The SMILES string of the molecule is C1=C[C@@H]2[C@@H]1C1(Cc3ccccc3)N=NC2(Cc2ccccc2)[C@H]2C=C[C@@H]21. The number of azo groups is 1. The fourth-order valence-electron chi connectivity index (χ4n) is 5.86. The van der Waals surface area contributed by atoms with Gasteiger partial charge in [-0.25, -0.2) is 0 Å². The third kappa shape index (κ3) is 1.72. The predicted molar refractivity (Wildman–Crippen MR) is 103 cm³/mol. The summed E-state index contributed by atoms with van der Waals surface area (Å²) in [5.41, 5.74) is 2.61. The molecule has 2 aromatic carbocycles. The van der Waals surface area contributed by atoms with E-state index in [1.165, 1.54) is 11.1 Å². The Morgan fingerprint density at radius 1 is 0.538 bits per heavy atom. The Bertz CT molecular complexity index is 824. The molecule has 2 aliphatic heterocycles. The molecule has 0 spiro atoms. The molecule has 2 nitrogen and oxygen atoms in total. The standard InChI is InChI=1S/C24H22N2/c1-3-7-17(8-4-1)15-23-19-11-13-21(19)24(26-25-23,22-14-12-20(22)23)16-18-9-5-2-6-10-18/h1-14,19-22H,15-16H2/t19-,20+,21-,22+,23?,24?. The van der Waals surface area contributed by atoms with Gasteiger partial charge < -0.3 is 0 Å². The molecule has 1 saturated carbocycles. The maximum absolute atomic E-state index is 5.08. The first kappa shape index (κ1) is 14.7. The van der Waals surface area contributed by atoms with Gasteiger partial charge in [-0.2, -0.15) is 10.2 Å². The van der Waals surface area contributed by atoms with E-state index >= 15 is 0 Å². The number of nitrogens with zero attached hydrogens (tertiary/aromatic N) is 2. The average Bonchev–Trinajstić information content (AvgIpc) is 2.58. The van der Waals surface area contributed by atoms with Gasteiger partial charge in [-0.05, 0) is 11.1 Å². The van der Waals surface area contributed by atoms with E-state index in [2.05, 4.69) is 85.0 Å². The summed E-state index contributed by atoms with van der Waals surface area (Å²) >= 11 is 0. The van der Waals surface area contributed by atoms with Gasteiger partial charge in [0.1, 0.15) is 0 Å². The molecule has 1 fully saturated rings. The first-order valence-corrected chi connectivity index (χ1v) is 9.70. The van der Waals surface area contributed by atoms with Crippen LogP contribution in [0.15, 0.2) is 95.2 Å². The van der Waals surface area contributed by atoms with E-state index in [9.17, 15) is 0 Å². The number of rotatable bonds is 4. The zero-order chi connectivity index (χ0) is 17.2. The minimum absolute atomic E-state index is 0.0708. The minimum atomic E-state index is -0.0708. The maximum Gasteiger partial charge on any atom is 0.0993 e. The van der Waals surface area contributed by atoms with E-state index in [-0.39, 0.29) is 11.1 Å². The molecule has 26 heavy (non-hydrogen) atoms. The Hall–Kier alpha value is -2.48. The molecule has 2 heterocycles. The minimum Gasteiger partial charge on any atom is -0.185 e. The smallest absolute Gasteiger partial charge is 0.0993 e. The summed E-state index contributed by atoms with van der Waals surface area (Å²) in [5.74, 6) is 2.09. The molecule has 0 saturated heterocycles. The van der Waals surface area contributed by atoms with Crippen LogP contribution in [-0.4, -0.2) is 11.1 Å². The van der Waals surface area contributed by atoms with E-state index in [1.54, 1.807) is 0 Å². The molecule has 0 radical (unpaired) electrons. The van der Waals surface area contributed by atoms with Crippen LogP contribution < -0.4 is 0 Å². The van der Waals surface area contributed by atoms with Gasteiger partial charge in [0.15, 0.2) is 0 Å². The molecule has 2 bridgehead atoms. The summed E-state index contributed by atoms with van der Waals surface area (Å²) in [6.45, 7) is 0. The fraction of sp³-hybridized carbons (Fsp3) is 0.333. The molecule has 128 valence electrons. The molecule has 0 N–H and O–H groups in total. The van der Waals surface area contributed by atoms with Gasteiger partial charge in [0.05, 0.1) is 11.1 Å². The lowest BCUT2D eigenvalue weighted by atomic mass is 9.41. The Morgan fingerprint density at radius 3 is 1.19 bits per heavy atom. The van der Waals surface area contributed by atoms with Gasteiger partial charge in [-0.3, -0.25) is 0 Å². The van der Waals surface area contributed by atoms with Crippen molar-refractivity contribution < 1.29 is 0 Å². The van der Waals surface area contributed by atoms with Gasteiger partial charge in [0.2, 0.25) is 0 Å². The highest BCUT2D eigenvalue weighted by molar-refractivity contribution is 5.43. The topological polar surface area (TPSA) is 24.7 Å². The van der Waals surface area contributed by atoms with Crippen molar-refractivity contribution in [2.75, 3.05) is 0 Å². The van der Waals surface area contributed by atoms with Crippen molar-refractivity contribution in [1.29, 1.82) is 0 Å². The fourth-order valence-corrected chi connectivity index (χ4v) is 5.86. The van der Waals surface area contributed by atoms with E-state index in [4.69, 9.17) is 10.2 Å². The third-order valence-electron chi connectivity index (χ3n) is 7.22. The van der Waals surface area contributed by atoms with E-state index < -0.39 is 0 Å². The van der Waals surface area contributed by atoms with Crippen LogP contribution in [0.25, 0.3) is 0 Å². The number of benzene rings is 2. The highest BCUT2D eigenvalue weighted by Gasteiger charge is 2.70. The second-order valence-corrected chi connectivity index (χ2v) is 8.38.